The van der Waals surface area contributed by atoms with Crippen LogP contribution in [0.4, 0.5) is 0 Å². The van der Waals surface area contributed by atoms with Crippen LogP contribution in [-0.2, 0) is 4.79 Å². The van der Waals surface area contributed by atoms with Gasteiger partial charge in [-0.1, -0.05) is 13.3 Å². The molecule has 0 aromatic rings. The molecular formula is C10H16N2O. The minimum absolute atomic E-state index is 0.230. The van der Waals surface area contributed by atoms with Crippen LogP contribution in [0.2, 0.25) is 0 Å². The second kappa shape index (κ2) is 4.86. The summed E-state index contributed by atoms with van der Waals surface area (Å²) in [6.07, 6.45) is 4.32. The molecule has 1 heterocycles. The van der Waals surface area contributed by atoms with E-state index in [2.05, 4.69) is 13.0 Å². The maximum atomic E-state index is 11.4. The number of nitrogens with zero attached hydrogens (tertiary/aromatic N) is 2. The highest BCUT2D eigenvalue weighted by Crippen LogP contribution is 2.22. The Morgan fingerprint density at radius 1 is 1.69 bits per heavy atom. The van der Waals surface area contributed by atoms with Gasteiger partial charge in [0, 0.05) is 19.0 Å². The van der Waals surface area contributed by atoms with Crippen molar-refractivity contribution < 1.29 is 4.79 Å². The maximum Gasteiger partial charge on any atom is 0.222 e. The van der Waals surface area contributed by atoms with Gasteiger partial charge in [0.25, 0.3) is 0 Å². The summed E-state index contributed by atoms with van der Waals surface area (Å²) in [5, 5.41) is 8.44. The first-order valence-electron chi connectivity index (χ1n) is 4.96. The molecule has 13 heavy (non-hydrogen) atoms. The standard InChI is InChI=1S/C10H16N2O/c1-2-4-9-5-6-10(13)12(9)8-3-7-11/h9H,2-6,8H2,1H3. The molecule has 1 fully saturated rings. The summed E-state index contributed by atoms with van der Waals surface area (Å²) in [6, 6.07) is 2.49. The van der Waals surface area contributed by atoms with Gasteiger partial charge in [0.2, 0.25) is 5.91 Å². The summed E-state index contributed by atoms with van der Waals surface area (Å²) >= 11 is 0. The Balaban J connectivity index is 2.45. The maximum absolute atomic E-state index is 11.4. The molecule has 1 aliphatic rings. The van der Waals surface area contributed by atoms with Gasteiger partial charge in [-0.05, 0) is 12.8 Å². The zero-order chi connectivity index (χ0) is 9.68. The van der Waals surface area contributed by atoms with E-state index < -0.39 is 0 Å². The van der Waals surface area contributed by atoms with Crippen LogP contribution < -0.4 is 0 Å². The van der Waals surface area contributed by atoms with Crippen molar-refractivity contribution in [3.05, 3.63) is 0 Å². The highest BCUT2D eigenvalue weighted by atomic mass is 16.2. The van der Waals surface area contributed by atoms with Crippen LogP contribution in [-0.4, -0.2) is 23.4 Å². The number of hydrogen-bond acceptors (Lipinski definition) is 2. The lowest BCUT2D eigenvalue weighted by molar-refractivity contribution is -0.128. The van der Waals surface area contributed by atoms with Crippen LogP contribution in [0, 0.1) is 11.3 Å². The number of carbonyl (C=O) groups is 1. The van der Waals surface area contributed by atoms with E-state index >= 15 is 0 Å². The monoisotopic (exact) mass is 180 g/mol. The van der Waals surface area contributed by atoms with E-state index in [0.717, 1.165) is 19.3 Å². The van der Waals surface area contributed by atoms with E-state index in [1.807, 2.05) is 4.90 Å². The number of hydrogen-bond donors (Lipinski definition) is 0. The topological polar surface area (TPSA) is 44.1 Å². The van der Waals surface area contributed by atoms with Crippen LogP contribution in [0.5, 0.6) is 0 Å². The van der Waals surface area contributed by atoms with E-state index in [1.165, 1.54) is 0 Å². The van der Waals surface area contributed by atoms with Crippen molar-refractivity contribution in [1.29, 1.82) is 5.26 Å². The van der Waals surface area contributed by atoms with Gasteiger partial charge in [-0.2, -0.15) is 5.26 Å². The van der Waals surface area contributed by atoms with Crippen LogP contribution in [0.1, 0.15) is 39.0 Å². The lowest BCUT2D eigenvalue weighted by Crippen LogP contribution is -2.33. The van der Waals surface area contributed by atoms with Gasteiger partial charge in [-0.25, -0.2) is 0 Å². The molecule has 0 spiro atoms. The van der Waals surface area contributed by atoms with E-state index in [9.17, 15) is 4.79 Å². The van der Waals surface area contributed by atoms with Gasteiger partial charge in [0.05, 0.1) is 12.5 Å². The molecule has 1 amide bonds. The largest absolute Gasteiger partial charge is 0.339 e. The number of nitriles is 1. The van der Waals surface area contributed by atoms with Crippen molar-refractivity contribution >= 4 is 5.91 Å². The van der Waals surface area contributed by atoms with Gasteiger partial charge < -0.3 is 4.90 Å². The molecular weight excluding hydrogens is 164 g/mol. The summed E-state index contributed by atoms with van der Waals surface area (Å²) < 4.78 is 0. The van der Waals surface area contributed by atoms with Crippen LogP contribution in [0.25, 0.3) is 0 Å². The van der Waals surface area contributed by atoms with Crippen LogP contribution in [0.15, 0.2) is 0 Å². The van der Waals surface area contributed by atoms with Gasteiger partial charge in [0.1, 0.15) is 0 Å². The van der Waals surface area contributed by atoms with Crippen LogP contribution in [0.3, 0.4) is 0 Å². The SMILES string of the molecule is CCCC1CCC(=O)N1CCC#N. The van der Waals surface area contributed by atoms with E-state index in [1.54, 1.807) is 0 Å². The molecule has 3 heteroatoms. The normalized spacial score (nSPS) is 22.0. The lowest BCUT2D eigenvalue weighted by Gasteiger charge is -2.23. The van der Waals surface area contributed by atoms with Gasteiger partial charge in [0.15, 0.2) is 0 Å². The Hall–Kier alpha value is -1.04. The molecule has 1 aliphatic heterocycles. The predicted octanol–water partition coefficient (Wildman–Crippen LogP) is 1.69. The minimum Gasteiger partial charge on any atom is -0.339 e. The van der Waals surface area contributed by atoms with Crippen molar-refractivity contribution in [1.82, 2.24) is 4.90 Å². The molecule has 0 aliphatic carbocycles. The average molecular weight is 180 g/mol. The molecule has 0 N–H and O–H groups in total. The quantitative estimate of drug-likeness (QED) is 0.660. The van der Waals surface area contributed by atoms with E-state index in [4.69, 9.17) is 5.26 Å². The molecule has 0 aromatic carbocycles. The van der Waals surface area contributed by atoms with Crippen molar-refractivity contribution in [3.63, 3.8) is 0 Å². The zero-order valence-electron chi connectivity index (χ0n) is 8.12. The molecule has 72 valence electrons. The van der Waals surface area contributed by atoms with Crippen molar-refractivity contribution in [2.75, 3.05) is 6.54 Å². The zero-order valence-corrected chi connectivity index (χ0v) is 8.12. The van der Waals surface area contributed by atoms with E-state index in [0.29, 0.717) is 25.4 Å². The second-order valence-electron chi connectivity index (χ2n) is 3.48. The Labute approximate surface area is 79.3 Å². The van der Waals surface area contributed by atoms with Crippen molar-refractivity contribution in [3.8, 4) is 6.07 Å². The fraction of sp³-hybridized carbons (Fsp3) is 0.800. The summed E-state index contributed by atoms with van der Waals surface area (Å²) in [5.41, 5.74) is 0. The first-order valence-corrected chi connectivity index (χ1v) is 4.96. The van der Waals surface area contributed by atoms with E-state index in [-0.39, 0.29) is 5.91 Å². The first-order chi connectivity index (χ1) is 6.29. The van der Waals surface area contributed by atoms with Gasteiger partial charge >= 0.3 is 0 Å². The van der Waals surface area contributed by atoms with Gasteiger partial charge in [-0.3, -0.25) is 4.79 Å². The Bertz CT molecular complexity index is 219. The smallest absolute Gasteiger partial charge is 0.222 e. The fourth-order valence-corrected chi connectivity index (χ4v) is 1.90. The third-order valence-electron chi connectivity index (χ3n) is 2.54. The molecule has 0 radical (unpaired) electrons. The molecule has 0 bridgehead atoms. The van der Waals surface area contributed by atoms with Crippen molar-refractivity contribution in [2.45, 2.75) is 45.1 Å². The molecule has 3 nitrogen and oxygen atoms in total. The number of likely N-dealkylation sites (tertiary alicyclic amines) is 1. The predicted molar refractivity (Wildman–Crippen MR) is 49.9 cm³/mol. The number of amides is 1. The number of rotatable bonds is 4. The summed E-state index contributed by atoms with van der Waals surface area (Å²) in [4.78, 5) is 13.3. The van der Waals surface area contributed by atoms with Crippen molar-refractivity contribution in [2.24, 2.45) is 0 Å². The Morgan fingerprint density at radius 2 is 2.46 bits per heavy atom. The Kier molecular flexibility index (Phi) is 3.75. The second-order valence-corrected chi connectivity index (χ2v) is 3.48. The molecule has 0 aromatic heterocycles. The number of carbonyl (C=O) groups excluding carboxylic acids is 1. The fourth-order valence-electron chi connectivity index (χ4n) is 1.90. The van der Waals surface area contributed by atoms with Gasteiger partial charge in [-0.15, -0.1) is 0 Å². The summed E-state index contributed by atoms with van der Waals surface area (Å²) in [7, 11) is 0. The molecule has 1 unspecified atom stereocenters. The Morgan fingerprint density at radius 3 is 3.08 bits per heavy atom. The summed E-state index contributed by atoms with van der Waals surface area (Å²) in [5.74, 6) is 0.230. The molecule has 0 saturated carbocycles. The third kappa shape index (κ3) is 2.45. The molecule has 1 atom stereocenters. The highest BCUT2D eigenvalue weighted by molar-refractivity contribution is 5.78. The van der Waals surface area contributed by atoms with Crippen LogP contribution >= 0.6 is 0 Å². The summed E-state index contributed by atoms with van der Waals surface area (Å²) in [6.45, 7) is 2.76. The highest BCUT2D eigenvalue weighted by Gasteiger charge is 2.29. The molecule has 1 saturated heterocycles. The minimum atomic E-state index is 0.230. The lowest BCUT2D eigenvalue weighted by atomic mass is 10.1. The first kappa shape index (κ1) is 10.0. The third-order valence-corrected chi connectivity index (χ3v) is 2.54. The molecule has 1 rings (SSSR count). The average Bonchev–Trinajstić information content (AvgIpc) is 2.45.